The highest BCUT2D eigenvalue weighted by atomic mass is 16.5. The van der Waals surface area contributed by atoms with E-state index in [1.54, 1.807) is 0 Å². The van der Waals surface area contributed by atoms with Gasteiger partial charge in [-0.05, 0) is 13.8 Å². The molecule has 0 bridgehead atoms. The van der Waals surface area contributed by atoms with E-state index in [0.717, 1.165) is 31.9 Å². The van der Waals surface area contributed by atoms with E-state index in [1.165, 1.54) is 6.33 Å². The SMILES string of the molecule is CC1CN(CCc2ncno2)C(C)CN1. The van der Waals surface area contributed by atoms with Gasteiger partial charge in [-0.1, -0.05) is 5.16 Å². The number of rotatable bonds is 3. The van der Waals surface area contributed by atoms with Crippen LogP contribution in [0.4, 0.5) is 0 Å². The van der Waals surface area contributed by atoms with Crippen LogP contribution < -0.4 is 5.32 Å². The van der Waals surface area contributed by atoms with Crippen molar-refractivity contribution >= 4 is 0 Å². The first-order valence-electron chi connectivity index (χ1n) is 5.48. The van der Waals surface area contributed by atoms with Crippen LogP contribution in [0.15, 0.2) is 10.9 Å². The van der Waals surface area contributed by atoms with Gasteiger partial charge in [0.15, 0.2) is 6.33 Å². The van der Waals surface area contributed by atoms with Gasteiger partial charge in [-0.3, -0.25) is 4.90 Å². The summed E-state index contributed by atoms with van der Waals surface area (Å²) < 4.78 is 4.98. The molecule has 1 aliphatic rings. The van der Waals surface area contributed by atoms with Crippen LogP contribution in [0.2, 0.25) is 0 Å². The molecule has 2 heterocycles. The molecule has 0 radical (unpaired) electrons. The lowest BCUT2D eigenvalue weighted by Gasteiger charge is -2.37. The molecular weight excluding hydrogens is 192 g/mol. The molecule has 2 unspecified atom stereocenters. The molecule has 0 saturated carbocycles. The van der Waals surface area contributed by atoms with Crippen molar-refractivity contribution in [2.45, 2.75) is 32.4 Å². The average molecular weight is 210 g/mol. The lowest BCUT2D eigenvalue weighted by atomic mass is 10.1. The third-order valence-corrected chi connectivity index (χ3v) is 2.91. The first-order valence-corrected chi connectivity index (χ1v) is 5.48. The minimum Gasteiger partial charge on any atom is -0.340 e. The number of aromatic nitrogens is 2. The molecule has 1 aromatic heterocycles. The molecule has 5 nitrogen and oxygen atoms in total. The van der Waals surface area contributed by atoms with Crippen LogP contribution in [-0.4, -0.2) is 46.8 Å². The Morgan fingerprint density at radius 3 is 3.20 bits per heavy atom. The molecule has 5 heteroatoms. The number of nitrogens with one attached hydrogen (secondary N) is 1. The van der Waals surface area contributed by atoms with Gasteiger partial charge >= 0.3 is 0 Å². The van der Waals surface area contributed by atoms with E-state index >= 15 is 0 Å². The predicted octanol–water partition coefficient (Wildman–Crippen LogP) is 0.294. The summed E-state index contributed by atoms with van der Waals surface area (Å²) in [5, 5.41) is 7.06. The van der Waals surface area contributed by atoms with Crippen LogP contribution >= 0.6 is 0 Å². The molecular formula is C10H18N4O. The van der Waals surface area contributed by atoms with Crippen LogP contribution in [0.25, 0.3) is 0 Å². The van der Waals surface area contributed by atoms with Crippen LogP contribution in [0.3, 0.4) is 0 Å². The van der Waals surface area contributed by atoms with Crippen LogP contribution in [0.1, 0.15) is 19.7 Å². The van der Waals surface area contributed by atoms with Crippen molar-refractivity contribution in [3.8, 4) is 0 Å². The van der Waals surface area contributed by atoms with Crippen LogP contribution in [0.5, 0.6) is 0 Å². The van der Waals surface area contributed by atoms with Gasteiger partial charge in [-0.25, -0.2) is 0 Å². The first-order chi connectivity index (χ1) is 7.25. The van der Waals surface area contributed by atoms with Gasteiger partial charge in [0.2, 0.25) is 5.89 Å². The second-order valence-corrected chi connectivity index (χ2v) is 4.24. The molecule has 2 rings (SSSR count). The zero-order chi connectivity index (χ0) is 10.7. The molecule has 2 atom stereocenters. The van der Waals surface area contributed by atoms with E-state index in [4.69, 9.17) is 4.52 Å². The zero-order valence-electron chi connectivity index (χ0n) is 9.31. The van der Waals surface area contributed by atoms with E-state index in [2.05, 4.69) is 34.2 Å². The standard InChI is InChI=1S/C10H18N4O/c1-8-6-14(9(2)5-11-8)4-3-10-12-7-13-15-10/h7-9,11H,3-6H2,1-2H3. The van der Waals surface area contributed by atoms with Crippen LogP contribution in [-0.2, 0) is 6.42 Å². The first kappa shape index (κ1) is 10.6. The molecule has 0 aliphatic carbocycles. The number of piperazine rings is 1. The highest BCUT2D eigenvalue weighted by Crippen LogP contribution is 2.07. The van der Waals surface area contributed by atoms with Gasteiger partial charge in [0.1, 0.15) is 0 Å². The Balaban J connectivity index is 1.82. The van der Waals surface area contributed by atoms with E-state index < -0.39 is 0 Å². The van der Waals surface area contributed by atoms with Gasteiger partial charge in [0, 0.05) is 38.1 Å². The molecule has 1 saturated heterocycles. The molecule has 15 heavy (non-hydrogen) atoms. The number of nitrogens with zero attached hydrogens (tertiary/aromatic N) is 3. The lowest BCUT2D eigenvalue weighted by molar-refractivity contribution is 0.144. The summed E-state index contributed by atoms with van der Waals surface area (Å²) >= 11 is 0. The fraction of sp³-hybridized carbons (Fsp3) is 0.800. The largest absolute Gasteiger partial charge is 0.340 e. The third-order valence-electron chi connectivity index (χ3n) is 2.91. The zero-order valence-corrected chi connectivity index (χ0v) is 9.31. The lowest BCUT2D eigenvalue weighted by Crippen LogP contribution is -2.54. The van der Waals surface area contributed by atoms with Gasteiger partial charge < -0.3 is 9.84 Å². The Morgan fingerprint density at radius 1 is 1.60 bits per heavy atom. The molecule has 0 amide bonds. The summed E-state index contributed by atoms with van der Waals surface area (Å²) in [7, 11) is 0. The second-order valence-electron chi connectivity index (χ2n) is 4.24. The molecule has 0 aromatic carbocycles. The van der Waals surface area contributed by atoms with E-state index in [1.807, 2.05) is 0 Å². The Bertz CT molecular complexity index is 288. The molecule has 1 fully saturated rings. The van der Waals surface area contributed by atoms with Crippen molar-refractivity contribution in [1.82, 2.24) is 20.4 Å². The van der Waals surface area contributed by atoms with Crippen molar-refractivity contribution in [2.24, 2.45) is 0 Å². The summed E-state index contributed by atoms with van der Waals surface area (Å²) in [5.41, 5.74) is 0. The predicted molar refractivity (Wildman–Crippen MR) is 56.5 cm³/mol. The maximum Gasteiger partial charge on any atom is 0.227 e. The fourth-order valence-corrected chi connectivity index (χ4v) is 1.95. The van der Waals surface area contributed by atoms with Gasteiger partial charge in [-0.15, -0.1) is 0 Å². The highest BCUT2D eigenvalue weighted by molar-refractivity contribution is 4.84. The Labute approximate surface area is 89.8 Å². The van der Waals surface area contributed by atoms with Gasteiger partial charge in [0.25, 0.3) is 0 Å². The number of hydrogen-bond acceptors (Lipinski definition) is 5. The minimum absolute atomic E-state index is 0.573. The third kappa shape index (κ3) is 2.76. The highest BCUT2D eigenvalue weighted by Gasteiger charge is 2.22. The smallest absolute Gasteiger partial charge is 0.227 e. The van der Waals surface area contributed by atoms with Crippen molar-refractivity contribution in [3.63, 3.8) is 0 Å². The van der Waals surface area contributed by atoms with Crippen molar-refractivity contribution in [2.75, 3.05) is 19.6 Å². The summed E-state index contributed by atoms with van der Waals surface area (Å²) in [6, 6.07) is 1.16. The average Bonchev–Trinajstić information content (AvgIpc) is 2.72. The van der Waals surface area contributed by atoms with E-state index in [-0.39, 0.29) is 0 Å². The monoisotopic (exact) mass is 210 g/mol. The topological polar surface area (TPSA) is 54.2 Å². The Morgan fingerprint density at radius 2 is 2.47 bits per heavy atom. The quantitative estimate of drug-likeness (QED) is 0.777. The second kappa shape index (κ2) is 4.72. The summed E-state index contributed by atoms with van der Waals surface area (Å²) in [6.45, 7) is 7.61. The van der Waals surface area contributed by atoms with Crippen LogP contribution in [0, 0.1) is 0 Å². The van der Waals surface area contributed by atoms with Crippen molar-refractivity contribution < 1.29 is 4.52 Å². The van der Waals surface area contributed by atoms with Gasteiger partial charge in [0.05, 0.1) is 0 Å². The maximum atomic E-state index is 4.98. The molecule has 84 valence electrons. The summed E-state index contributed by atoms with van der Waals surface area (Å²) in [4.78, 5) is 6.49. The van der Waals surface area contributed by atoms with Gasteiger partial charge in [-0.2, -0.15) is 4.98 Å². The van der Waals surface area contributed by atoms with E-state index in [0.29, 0.717) is 12.1 Å². The fourth-order valence-electron chi connectivity index (χ4n) is 1.95. The van der Waals surface area contributed by atoms with E-state index in [9.17, 15) is 0 Å². The summed E-state index contributed by atoms with van der Waals surface area (Å²) in [6.07, 6.45) is 2.30. The molecule has 1 aliphatic heterocycles. The normalized spacial score (nSPS) is 28.1. The molecule has 0 spiro atoms. The molecule has 1 N–H and O–H groups in total. The Kier molecular flexibility index (Phi) is 3.33. The van der Waals surface area contributed by atoms with Crippen molar-refractivity contribution in [1.29, 1.82) is 0 Å². The molecule has 1 aromatic rings. The summed E-state index contributed by atoms with van der Waals surface area (Å²) in [5.74, 6) is 0.730. The van der Waals surface area contributed by atoms with Crippen molar-refractivity contribution in [3.05, 3.63) is 12.2 Å². The number of hydrogen-bond donors (Lipinski definition) is 1. The maximum absolute atomic E-state index is 4.98. The minimum atomic E-state index is 0.573. The Hall–Kier alpha value is -0.940.